The second-order valence-corrected chi connectivity index (χ2v) is 5.50. The first kappa shape index (κ1) is 13.2. The van der Waals surface area contributed by atoms with Gasteiger partial charge in [0.25, 0.3) is 5.91 Å². The molecular formula is C16H21N3O. The van der Waals surface area contributed by atoms with Crippen LogP contribution in [-0.4, -0.2) is 42.0 Å². The molecule has 1 aliphatic rings. The topological polar surface area (TPSA) is 48.1 Å². The Morgan fingerprint density at radius 3 is 3.05 bits per heavy atom. The van der Waals surface area contributed by atoms with Gasteiger partial charge in [0.2, 0.25) is 0 Å². The van der Waals surface area contributed by atoms with Gasteiger partial charge in [0.1, 0.15) is 0 Å². The van der Waals surface area contributed by atoms with Crippen molar-refractivity contribution in [3.05, 3.63) is 36.0 Å². The predicted molar refractivity (Wildman–Crippen MR) is 80.9 cm³/mol. The summed E-state index contributed by atoms with van der Waals surface area (Å²) >= 11 is 0. The van der Waals surface area contributed by atoms with Gasteiger partial charge in [0.15, 0.2) is 0 Å². The molecule has 20 heavy (non-hydrogen) atoms. The number of amides is 1. The standard InChI is InChI=1S/C16H21N3O/c1-19(12-4-3-9-17-10-7-12)16(20)14-5-2-6-15-13(14)8-11-18-15/h2,5-6,8,11-12,17-18H,3-4,7,9-10H2,1H3. The van der Waals surface area contributed by atoms with Crippen LogP contribution in [0.2, 0.25) is 0 Å². The van der Waals surface area contributed by atoms with Crippen molar-refractivity contribution in [3.63, 3.8) is 0 Å². The average Bonchev–Trinajstić information content (AvgIpc) is 2.79. The van der Waals surface area contributed by atoms with Gasteiger partial charge in [-0.05, 0) is 50.6 Å². The molecule has 1 saturated heterocycles. The smallest absolute Gasteiger partial charge is 0.254 e. The van der Waals surface area contributed by atoms with Gasteiger partial charge in [0, 0.05) is 35.8 Å². The number of nitrogens with zero attached hydrogens (tertiary/aromatic N) is 1. The number of hydrogen-bond donors (Lipinski definition) is 2. The Hall–Kier alpha value is -1.81. The summed E-state index contributed by atoms with van der Waals surface area (Å²) in [6.45, 7) is 2.06. The Balaban J connectivity index is 1.85. The molecule has 4 nitrogen and oxygen atoms in total. The molecular weight excluding hydrogens is 250 g/mol. The molecule has 1 amide bonds. The van der Waals surface area contributed by atoms with Gasteiger partial charge in [-0.2, -0.15) is 0 Å². The van der Waals surface area contributed by atoms with E-state index in [1.54, 1.807) is 0 Å². The summed E-state index contributed by atoms with van der Waals surface area (Å²) in [6.07, 6.45) is 5.14. The van der Waals surface area contributed by atoms with Crippen molar-refractivity contribution in [2.24, 2.45) is 0 Å². The highest BCUT2D eigenvalue weighted by Gasteiger charge is 2.23. The van der Waals surface area contributed by atoms with Crippen LogP contribution in [0.25, 0.3) is 10.9 Å². The van der Waals surface area contributed by atoms with Gasteiger partial charge >= 0.3 is 0 Å². The van der Waals surface area contributed by atoms with Crippen molar-refractivity contribution in [1.82, 2.24) is 15.2 Å². The Labute approximate surface area is 119 Å². The zero-order valence-electron chi connectivity index (χ0n) is 11.9. The number of fused-ring (bicyclic) bond motifs is 1. The van der Waals surface area contributed by atoms with Crippen molar-refractivity contribution in [1.29, 1.82) is 0 Å². The van der Waals surface area contributed by atoms with E-state index in [4.69, 9.17) is 0 Å². The average molecular weight is 271 g/mol. The lowest BCUT2D eigenvalue weighted by Gasteiger charge is -2.27. The van der Waals surface area contributed by atoms with Crippen molar-refractivity contribution < 1.29 is 4.79 Å². The first-order valence-corrected chi connectivity index (χ1v) is 7.31. The normalized spacial score (nSPS) is 19.8. The number of rotatable bonds is 2. The van der Waals surface area contributed by atoms with Gasteiger partial charge < -0.3 is 15.2 Å². The molecule has 1 aliphatic heterocycles. The fourth-order valence-electron chi connectivity index (χ4n) is 3.02. The van der Waals surface area contributed by atoms with Crippen LogP contribution in [0.3, 0.4) is 0 Å². The quantitative estimate of drug-likeness (QED) is 0.881. The molecule has 1 atom stereocenters. The highest BCUT2D eigenvalue weighted by atomic mass is 16.2. The van der Waals surface area contributed by atoms with E-state index in [1.807, 2.05) is 42.4 Å². The number of carbonyl (C=O) groups excluding carboxylic acids is 1. The Morgan fingerprint density at radius 1 is 1.25 bits per heavy atom. The van der Waals surface area contributed by atoms with Crippen molar-refractivity contribution in [2.75, 3.05) is 20.1 Å². The van der Waals surface area contributed by atoms with Gasteiger partial charge in [-0.3, -0.25) is 4.79 Å². The van der Waals surface area contributed by atoms with Crippen LogP contribution in [0.15, 0.2) is 30.5 Å². The van der Waals surface area contributed by atoms with Crippen molar-refractivity contribution >= 4 is 16.8 Å². The lowest BCUT2D eigenvalue weighted by molar-refractivity contribution is 0.0722. The molecule has 2 aromatic rings. The lowest BCUT2D eigenvalue weighted by atomic mass is 10.0. The van der Waals surface area contributed by atoms with E-state index >= 15 is 0 Å². The molecule has 1 unspecified atom stereocenters. The molecule has 2 heterocycles. The molecule has 0 radical (unpaired) electrons. The number of H-pyrrole nitrogens is 1. The minimum atomic E-state index is 0.127. The largest absolute Gasteiger partial charge is 0.361 e. The van der Waals surface area contributed by atoms with Gasteiger partial charge in [-0.15, -0.1) is 0 Å². The lowest BCUT2D eigenvalue weighted by Crippen LogP contribution is -2.37. The van der Waals surface area contributed by atoms with Gasteiger partial charge in [-0.25, -0.2) is 0 Å². The van der Waals surface area contributed by atoms with E-state index in [0.717, 1.165) is 48.8 Å². The molecule has 0 saturated carbocycles. The van der Waals surface area contributed by atoms with E-state index in [1.165, 1.54) is 0 Å². The second-order valence-electron chi connectivity index (χ2n) is 5.50. The monoisotopic (exact) mass is 271 g/mol. The van der Waals surface area contributed by atoms with E-state index in [9.17, 15) is 4.79 Å². The van der Waals surface area contributed by atoms with Crippen LogP contribution in [-0.2, 0) is 0 Å². The highest BCUT2D eigenvalue weighted by molar-refractivity contribution is 6.06. The fourth-order valence-corrected chi connectivity index (χ4v) is 3.02. The third-order valence-corrected chi connectivity index (χ3v) is 4.24. The summed E-state index contributed by atoms with van der Waals surface area (Å²) in [5.41, 5.74) is 1.82. The maximum absolute atomic E-state index is 12.8. The maximum atomic E-state index is 12.8. The number of nitrogens with one attached hydrogen (secondary N) is 2. The summed E-state index contributed by atoms with van der Waals surface area (Å²) in [6, 6.07) is 8.18. The van der Waals surface area contributed by atoms with Crippen molar-refractivity contribution in [2.45, 2.75) is 25.3 Å². The zero-order chi connectivity index (χ0) is 13.9. The zero-order valence-corrected chi connectivity index (χ0v) is 11.9. The van der Waals surface area contributed by atoms with Crippen molar-refractivity contribution in [3.8, 4) is 0 Å². The third-order valence-electron chi connectivity index (χ3n) is 4.24. The van der Waals surface area contributed by atoms with Gasteiger partial charge in [-0.1, -0.05) is 6.07 Å². The molecule has 4 heteroatoms. The van der Waals surface area contributed by atoms with E-state index in [2.05, 4.69) is 10.3 Å². The maximum Gasteiger partial charge on any atom is 0.254 e. The van der Waals surface area contributed by atoms with Gasteiger partial charge in [0.05, 0.1) is 0 Å². The molecule has 0 aliphatic carbocycles. The SMILES string of the molecule is CN(C(=O)c1cccc2[nH]ccc12)C1CCCNCC1. The highest BCUT2D eigenvalue weighted by Crippen LogP contribution is 2.21. The van der Waals surface area contributed by atoms with E-state index in [0.29, 0.717) is 6.04 Å². The molecule has 106 valence electrons. The van der Waals surface area contributed by atoms with Crippen LogP contribution in [0, 0.1) is 0 Å². The minimum Gasteiger partial charge on any atom is -0.361 e. The Bertz CT molecular complexity index is 597. The molecule has 1 aromatic heterocycles. The molecule has 3 rings (SSSR count). The molecule has 1 aromatic carbocycles. The Morgan fingerprint density at radius 2 is 2.15 bits per heavy atom. The molecule has 0 bridgehead atoms. The van der Waals surface area contributed by atoms with Crippen LogP contribution >= 0.6 is 0 Å². The summed E-state index contributed by atoms with van der Waals surface area (Å²) < 4.78 is 0. The molecule has 1 fully saturated rings. The number of carbonyl (C=O) groups is 1. The molecule has 0 spiro atoms. The Kier molecular flexibility index (Phi) is 3.74. The first-order valence-electron chi connectivity index (χ1n) is 7.31. The first-order chi connectivity index (χ1) is 9.77. The van der Waals surface area contributed by atoms with E-state index in [-0.39, 0.29) is 5.91 Å². The number of hydrogen-bond acceptors (Lipinski definition) is 2. The van der Waals surface area contributed by atoms with Crippen LogP contribution in [0.1, 0.15) is 29.6 Å². The van der Waals surface area contributed by atoms with Crippen LogP contribution in [0.4, 0.5) is 0 Å². The third kappa shape index (κ3) is 2.43. The summed E-state index contributed by atoms with van der Waals surface area (Å²) in [5, 5.41) is 4.40. The van der Waals surface area contributed by atoms with E-state index < -0.39 is 0 Å². The number of aromatic nitrogens is 1. The van der Waals surface area contributed by atoms with Crippen LogP contribution < -0.4 is 5.32 Å². The second kappa shape index (κ2) is 5.67. The number of aromatic amines is 1. The van der Waals surface area contributed by atoms with Crippen LogP contribution in [0.5, 0.6) is 0 Å². The number of benzene rings is 1. The summed E-state index contributed by atoms with van der Waals surface area (Å²) in [7, 11) is 1.93. The minimum absolute atomic E-state index is 0.127. The molecule has 2 N–H and O–H groups in total. The predicted octanol–water partition coefficient (Wildman–Crippen LogP) is 2.38. The summed E-state index contributed by atoms with van der Waals surface area (Å²) in [5.74, 6) is 0.127. The fraction of sp³-hybridized carbons (Fsp3) is 0.438. The summed E-state index contributed by atoms with van der Waals surface area (Å²) in [4.78, 5) is 17.8.